The number of esters is 1. The summed E-state index contributed by atoms with van der Waals surface area (Å²) in [5.41, 5.74) is 0. The fourth-order valence-corrected chi connectivity index (χ4v) is 2.76. The Kier molecular flexibility index (Phi) is 15.0. The van der Waals surface area contributed by atoms with Crippen LogP contribution in [0.3, 0.4) is 0 Å². The summed E-state index contributed by atoms with van der Waals surface area (Å²) in [6.45, 7) is 8.48. The summed E-state index contributed by atoms with van der Waals surface area (Å²) < 4.78 is 5.07. The molecule has 124 valence electrons. The molecule has 0 bridgehead atoms. The van der Waals surface area contributed by atoms with Gasteiger partial charge in [-0.2, -0.15) is 0 Å². The highest BCUT2D eigenvalue weighted by Crippen LogP contribution is 2.22. The number of carbonyl (C=O) groups is 1. The third-order valence-corrected chi connectivity index (χ3v) is 4.10. The zero-order valence-electron chi connectivity index (χ0n) is 14.4. The third kappa shape index (κ3) is 13.9. The first-order valence-corrected chi connectivity index (χ1v) is 9.03. The molecule has 0 saturated heterocycles. The maximum atomic E-state index is 11.0. The van der Waals surface area contributed by atoms with Crippen molar-refractivity contribution in [1.82, 2.24) is 0 Å². The second kappa shape index (κ2) is 15.6. The van der Waals surface area contributed by atoms with Gasteiger partial charge in [0.1, 0.15) is 0 Å². The molecule has 2 heteroatoms. The first-order valence-electron chi connectivity index (χ1n) is 9.03. The van der Waals surface area contributed by atoms with Crippen LogP contribution < -0.4 is 0 Å². The predicted octanol–water partition coefficient (Wildman–Crippen LogP) is 6.05. The van der Waals surface area contributed by atoms with E-state index in [1.807, 2.05) is 0 Å². The molecule has 0 aliphatic rings. The van der Waals surface area contributed by atoms with Crippen molar-refractivity contribution in [3.8, 4) is 0 Å². The third-order valence-electron chi connectivity index (χ3n) is 4.10. The summed E-state index contributed by atoms with van der Waals surface area (Å²) in [6, 6.07) is 0. The topological polar surface area (TPSA) is 26.3 Å². The van der Waals surface area contributed by atoms with E-state index in [4.69, 9.17) is 4.74 Å². The molecular formula is C19H36O2. The maximum absolute atomic E-state index is 11.0. The van der Waals surface area contributed by atoms with E-state index in [1.165, 1.54) is 76.7 Å². The summed E-state index contributed by atoms with van der Waals surface area (Å²) in [4.78, 5) is 11.0. The van der Waals surface area contributed by atoms with Crippen molar-refractivity contribution < 1.29 is 9.53 Å². The first-order chi connectivity index (χ1) is 10.2. The second-order valence-corrected chi connectivity index (χ2v) is 6.08. The molecule has 0 spiro atoms. The molecule has 0 radical (unpaired) electrons. The number of rotatable bonds is 15. The van der Waals surface area contributed by atoms with Gasteiger partial charge in [-0.15, -0.1) is 0 Å². The van der Waals surface area contributed by atoms with Gasteiger partial charge in [-0.3, -0.25) is 0 Å². The minimum absolute atomic E-state index is 0.294. The standard InChI is InChI=1S/C19H36O2/c1-4-7-9-10-12-15-18(14-11-8-5-2)16-13-17-21-19(20)6-3/h6,18H,3-5,7-17H2,1-2H3. The minimum Gasteiger partial charge on any atom is -0.463 e. The van der Waals surface area contributed by atoms with E-state index in [1.54, 1.807) is 0 Å². The highest BCUT2D eigenvalue weighted by molar-refractivity contribution is 5.81. The Morgan fingerprint density at radius 2 is 1.43 bits per heavy atom. The van der Waals surface area contributed by atoms with E-state index in [0.29, 0.717) is 6.61 Å². The van der Waals surface area contributed by atoms with Gasteiger partial charge in [0.2, 0.25) is 0 Å². The van der Waals surface area contributed by atoms with Crippen LogP contribution >= 0.6 is 0 Å². The fourth-order valence-electron chi connectivity index (χ4n) is 2.76. The van der Waals surface area contributed by atoms with E-state index in [-0.39, 0.29) is 5.97 Å². The number of ether oxygens (including phenoxy) is 1. The van der Waals surface area contributed by atoms with Crippen molar-refractivity contribution in [2.75, 3.05) is 6.61 Å². The minimum atomic E-state index is -0.294. The molecule has 21 heavy (non-hydrogen) atoms. The summed E-state index contributed by atoms with van der Waals surface area (Å²) in [5, 5.41) is 0. The van der Waals surface area contributed by atoms with Gasteiger partial charge < -0.3 is 4.74 Å². The lowest BCUT2D eigenvalue weighted by molar-refractivity contribution is -0.137. The van der Waals surface area contributed by atoms with Crippen LogP contribution in [0.25, 0.3) is 0 Å². The molecule has 1 atom stereocenters. The molecule has 0 N–H and O–H groups in total. The molecule has 0 aromatic carbocycles. The molecule has 0 aromatic heterocycles. The Labute approximate surface area is 132 Å². The molecule has 0 rings (SSSR count). The molecule has 0 amide bonds. The van der Waals surface area contributed by atoms with Crippen LogP contribution in [-0.4, -0.2) is 12.6 Å². The largest absolute Gasteiger partial charge is 0.463 e. The number of unbranched alkanes of at least 4 members (excludes halogenated alkanes) is 6. The van der Waals surface area contributed by atoms with Crippen LogP contribution in [-0.2, 0) is 9.53 Å². The van der Waals surface area contributed by atoms with Gasteiger partial charge >= 0.3 is 5.97 Å². The lowest BCUT2D eigenvalue weighted by Crippen LogP contribution is -2.06. The molecule has 0 heterocycles. The highest BCUT2D eigenvalue weighted by Gasteiger charge is 2.09. The summed E-state index contributed by atoms with van der Waals surface area (Å²) in [6.07, 6.45) is 16.9. The monoisotopic (exact) mass is 296 g/mol. The van der Waals surface area contributed by atoms with Crippen molar-refractivity contribution in [3.63, 3.8) is 0 Å². The molecule has 0 fully saturated rings. The van der Waals surface area contributed by atoms with Gasteiger partial charge in [0, 0.05) is 6.08 Å². The Balaban J connectivity index is 3.79. The molecule has 0 aromatic rings. The van der Waals surface area contributed by atoms with Gasteiger partial charge in [0.05, 0.1) is 6.61 Å². The Bertz CT molecular complexity index is 248. The van der Waals surface area contributed by atoms with Gasteiger partial charge in [0.25, 0.3) is 0 Å². The number of carbonyl (C=O) groups excluding carboxylic acids is 1. The zero-order valence-corrected chi connectivity index (χ0v) is 14.4. The zero-order chi connectivity index (χ0) is 15.8. The normalized spacial score (nSPS) is 12.1. The van der Waals surface area contributed by atoms with E-state index < -0.39 is 0 Å². The molecular weight excluding hydrogens is 260 g/mol. The molecule has 1 unspecified atom stereocenters. The quantitative estimate of drug-likeness (QED) is 0.209. The second-order valence-electron chi connectivity index (χ2n) is 6.08. The van der Waals surface area contributed by atoms with Crippen LogP contribution in [0.15, 0.2) is 12.7 Å². The molecule has 0 saturated carbocycles. The Morgan fingerprint density at radius 3 is 2.05 bits per heavy atom. The van der Waals surface area contributed by atoms with Crippen LogP contribution in [0, 0.1) is 5.92 Å². The average Bonchev–Trinajstić information content (AvgIpc) is 2.50. The smallest absolute Gasteiger partial charge is 0.330 e. The van der Waals surface area contributed by atoms with E-state index in [9.17, 15) is 4.79 Å². The summed E-state index contributed by atoms with van der Waals surface area (Å²) >= 11 is 0. The van der Waals surface area contributed by atoms with Crippen LogP contribution in [0.2, 0.25) is 0 Å². The molecule has 2 nitrogen and oxygen atoms in total. The molecule has 0 aliphatic carbocycles. The van der Waals surface area contributed by atoms with Crippen molar-refractivity contribution in [3.05, 3.63) is 12.7 Å². The average molecular weight is 296 g/mol. The molecule has 0 aliphatic heterocycles. The van der Waals surface area contributed by atoms with Crippen molar-refractivity contribution >= 4 is 5.97 Å². The van der Waals surface area contributed by atoms with Gasteiger partial charge in [0.15, 0.2) is 0 Å². The van der Waals surface area contributed by atoms with Gasteiger partial charge in [-0.1, -0.05) is 84.6 Å². The fraction of sp³-hybridized carbons (Fsp3) is 0.842. The van der Waals surface area contributed by atoms with Crippen molar-refractivity contribution in [2.45, 2.75) is 90.9 Å². The summed E-state index contributed by atoms with van der Waals surface area (Å²) in [7, 11) is 0. The van der Waals surface area contributed by atoms with Crippen molar-refractivity contribution in [1.29, 1.82) is 0 Å². The highest BCUT2D eigenvalue weighted by atomic mass is 16.5. The predicted molar refractivity (Wildman–Crippen MR) is 91.4 cm³/mol. The SMILES string of the molecule is C=CC(=O)OCCCC(CCCCC)CCCCCCC. The Hall–Kier alpha value is -0.790. The lowest BCUT2D eigenvalue weighted by atomic mass is 9.91. The van der Waals surface area contributed by atoms with Crippen LogP contribution in [0.4, 0.5) is 0 Å². The van der Waals surface area contributed by atoms with Gasteiger partial charge in [-0.25, -0.2) is 4.79 Å². The van der Waals surface area contributed by atoms with Crippen LogP contribution in [0.5, 0.6) is 0 Å². The van der Waals surface area contributed by atoms with E-state index in [2.05, 4.69) is 20.4 Å². The maximum Gasteiger partial charge on any atom is 0.330 e. The van der Waals surface area contributed by atoms with E-state index in [0.717, 1.165) is 12.3 Å². The van der Waals surface area contributed by atoms with Crippen LogP contribution in [0.1, 0.15) is 90.9 Å². The Morgan fingerprint density at radius 1 is 0.905 bits per heavy atom. The van der Waals surface area contributed by atoms with Crippen molar-refractivity contribution in [2.24, 2.45) is 5.92 Å². The van der Waals surface area contributed by atoms with Gasteiger partial charge in [-0.05, 0) is 18.8 Å². The number of hydrogen-bond acceptors (Lipinski definition) is 2. The lowest BCUT2D eigenvalue weighted by Gasteiger charge is -2.16. The van der Waals surface area contributed by atoms with E-state index >= 15 is 0 Å². The summed E-state index contributed by atoms with van der Waals surface area (Å²) in [5.74, 6) is 0.526. The number of hydrogen-bond donors (Lipinski definition) is 0. The first kappa shape index (κ1) is 20.2.